The molecule has 0 unspecified atom stereocenters. The Hall–Kier alpha value is -3.65. The van der Waals surface area contributed by atoms with E-state index in [1.54, 1.807) is 66.7 Å². The molecule has 0 bridgehead atoms. The van der Waals surface area contributed by atoms with Gasteiger partial charge in [-0.1, -0.05) is 72.3 Å². The van der Waals surface area contributed by atoms with Crippen molar-refractivity contribution in [2.24, 2.45) is 0 Å². The second kappa shape index (κ2) is 12.9. The van der Waals surface area contributed by atoms with Gasteiger partial charge in [0, 0.05) is 23.7 Å². The summed E-state index contributed by atoms with van der Waals surface area (Å²) in [6.07, 6.45) is 2.48. The SMILES string of the molecule is Cc1ccc(Cl)cc1N(Cc1ccc(C(=O)NCc2ccccc2CN2CCCC2)cc1)S(=O)(=O)c1ccccc1. The van der Waals surface area contributed by atoms with E-state index in [-0.39, 0.29) is 17.3 Å². The molecule has 0 radical (unpaired) electrons. The van der Waals surface area contributed by atoms with Gasteiger partial charge < -0.3 is 5.32 Å². The van der Waals surface area contributed by atoms with Gasteiger partial charge in [0.25, 0.3) is 15.9 Å². The minimum atomic E-state index is -3.88. The lowest BCUT2D eigenvalue weighted by Gasteiger charge is -2.26. The summed E-state index contributed by atoms with van der Waals surface area (Å²) in [7, 11) is -3.88. The predicted octanol–water partition coefficient (Wildman–Crippen LogP) is 6.57. The number of carbonyl (C=O) groups excluding carboxylic acids is 1. The molecule has 5 rings (SSSR count). The highest BCUT2D eigenvalue weighted by molar-refractivity contribution is 7.92. The van der Waals surface area contributed by atoms with Gasteiger partial charge in [-0.15, -0.1) is 0 Å². The van der Waals surface area contributed by atoms with Crippen molar-refractivity contribution >= 4 is 33.2 Å². The third-order valence-electron chi connectivity index (χ3n) is 7.46. The number of rotatable bonds is 10. The van der Waals surface area contributed by atoms with Crippen LogP contribution in [-0.2, 0) is 29.7 Å². The standard InChI is InChI=1S/C33H34ClN3O3S/c1-25-13-18-30(34)21-32(25)37(41(39,40)31-11-3-2-4-12-31)23-26-14-16-27(17-15-26)33(38)35-22-28-9-5-6-10-29(28)24-36-19-7-8-20-36/h2-6,9-18,21H,7-8,19-20,22-24H2,1H3,(H,35,38). The van der Waals surface area contributed by atoms with Crippen molar-refractivity contribution < 1.29 is 13.2 Å². The van der Waals surface area contributed by atoms with E-state index in [0.29, 0.717) is 22.8 Å². The summed E-state index contributed by atoms with van der Waals surface area (Å²) in [5, 5.41) is 3.50. The van der Waals surface area contributed by atoms with E-state index in [0.717, 1.165) is 36.3 Å². The molecule has 212 valence electrons. The summed E-state index contributed by atoms with van der Waals surface area (Å²) in [5.41, 5.74) is 4.91. The average Bonchev–Trinajstić information content (AvgIpc) is 3.50. The van der Waals surface area contributed by atoms with Crippen LogP contribution in [0.2, 0.25) is 5.02 Å². The van der Waals surface area contributed by atoms with Crippen molar-refractivity contribution in [1.82, 2.24) is 10.2 Å². The van der Waals surface area contributed by atoms with E-state index in [1.807, 2.05) is 25.1 Å². The second-order valence-electron chi connectivity index (χ2n) is 10.4. The summed E-state index contributed by atoms with van der Waals surface area (Å²) in [4.78, 5) is 15.7. The molecule has 6 nitrogen and oxygen atoms in total. The van der Waals surface area contributed by atoms with E-state index in [1.165, 1.54) is 22.7 Å². The van der Waals surface area contributed by atoms with Gasteiger partial charge in [0.15, 0.2) is 0 Å². The third kappa shape index (κ3) is 6.99. The maximum Gasteiger partial charge on any atom is 0.264 e. The van der Waals surface area contributed by atoms with Crippen LogP contribution in [0.5, 0.6) is 0 Å². The first kappa shape index (κ1) is 28.9. The van der Waals surface area contributed by atoms with Crippen LogP contribution in [0, 0.1) is 6.92 Å². The second-order valence-corrected chi connectivity index (χ2v) is 12.7. The molecule has 1 aliphatic heterocycles. The van der Waals surface area contributed by atoms with Crippen LogP contribution in [0.25, 0.3) is 0 Å². The van der Waals surface area contributed by atoms with E-state index < -0.39 is 10.0 Å². The first-order valence-electron chi connectivity index (χ1n) is 13.8. The number of nitrogens with zero attached hydrogens (tertiary/aromatic N) is 2. The number of halogens is 1. The molecule has 0 spiro atoms. The number of nitrogens with one attached hydrogen (secondary N) is 1. The molecular formula is C33H34ClN3O3S. The van der Waals surface area contributed by atoms with Crippen LogP contribution >= 0.6 is 11.6 Å². The molecule has 4 aromatic rings. The Morgan fingerprint density at radius 2 is 1.54 bits per heavy atom. The van der Waals surface area contributed by atoms with Crippen molar-refractivity contribution in [1.29, 1.82) is 0 Å². The number of anilines is 1. The van der Waals surface area contributed by atoms with Gasteiger partial charge >= 0.3 is 0 Å². The fraction of sp³-hybridized carbons (Fsp3) is 0.242. The Morgan fingerprint density at radius 3 is 2.24 bits per heavy atom. The molecule has 0 atom stereocenters. The summed E-state index contributed by atoms with van der Waals surface area (Å²) < 4.78 is 28.9. The molecule has 0 saturated carbocycles. The van der Waals surface area contributed by atoms with Crippen LogP contribution in [0.3, 0.4) is 0 Å². The van der Waals surface area contributed by atoms with Crippen molar-refractivity contribution in [3.63, 3.8) is 0 Å². The topological polar surface area (TPSA) is 69.7 Å². The molecule has 1 heterocycles. The van der Waals surface area contributed by atoms with Crippen molar-refractivity contribution in [3.05, 3.63) is 130 Å². The molecule has 0 aromatic heterocycles. The summed E-state index contributed by atoms with van der Waals surface area (Å²) in [6.45, 7) is 5.53. The van der Waals surface area contributed by atoms with E-state index in [2.05, 4.69) is 22.3 Å². The highest BCUT2D eigenvalue weighted by Crippen LogP contribution is 2.31. The third-order valence-corrected chi connectivity index (χ3v) is 9.47. The largest absolute Gasteiger partial charge is 0.348 e. The molecule has 0 aliphatic carbocycles. The van der Waals surface area contributed by atoms with Gasteiger partial charge in [0.05, 0.1) is 17.1 Å². The van der Waals surface area contributed by atoms with Crippen molar-refractivity contribution in [2.45, 2.75) is 44.3 Å². The number of carbonyl (C=O) groups is 1. The number of likely N-dealkylation sites (tertiary alicyclic amines) is 1. The summed E-state index contributed by atoms with van der Waals surface area (Å²) in [6, 6.07) is 28.9. The Bertz CT molecular complexity index is 1600. The van der Waals surface area contributed by atoms with Crippen LogP contribution < -0.4 is 9.62 Å². The van der Waals surface area contributed by atoms with E-state index >= 15 is 0 Å². The van der Waals surface area contributed by atoms with Gasteiger partial charge in [0.2, 0.25) is 0 Å². The van der Waals surface area contributed by atoms with E-state index in [9.17, 15) is 13.2 Å². The molecule has 1 fully saturated rings. The normalized spacial score (nSPS) is 13.7. The molecule has 41 heavy (non-hydrogen) atoms. The lowest BCUT2D eigenvalue weighted by Crippen LogP contribution is -2.31. The smallest absolute Gasteiger partial charge is 0.264 e. The maximum absolute atomic E-state index is 13.7. The van der Waals surface area contributed by atoms with Gasteiger partial charge in [0.1, 0.15) is 0 Å². The average molecular weight is 588 g/mol. The zero-order chi connectivity index (χ0) is 28.8. The number of hydrogen-bond donors (Lipinski definition) is 1. The van der Waals surface area contributed by atoms with Crippen LogP contribution in [0.4, 0.5) is 5.69 Å². The fourth-order valence-corrected chi connectivity index (χ4v) is 6.84. The molecule has 1 saturated heterocycles. The first-order valence-corrected chi connectivity index (χ1v) is 15.6. The van der Waals surface area contributed by atoms with Gasteiger partial charge in [-0.2, -0.15) is 0 Å². The number of aryl methyl sites for hydroxylation is 1. The van der Waals surface area contributed by atoms with Crippen molar-refractivity contribution in [3.8, 4) is 0 Å². The fourth-order valence-electron chi connectivity index (χ4n) is 5.14. The lowest BCUT2D eigenvalue weighted by molar-refractivity contribution is 0.0950. The lowest BCUT2D eigenvalue weighted by atomic mass is 10.1. The monoisotopic (exact) mass is 587 g/mol. The highest BCUT2D eigenvalue weighted by Gasteiger charge is 2.26. The molecule has 1 aliphatic rings. The van der Waals surface area contributed by atoms with Crippen LogP contribution in [0.1, 0.15) is 45.5 Å². The minimum absolute atomic E-state index is 0.0875. The Balaban J connectivity index is 1.31. The van der Waals surface area contributed by atoms with Crippen LogP contribution in [0.15, 0.2) is 102 Å². The van der Waals surface area contributed by atoms with Gasteiger partial charge in [-0.25, -0.2) is 8.42 Å². The van der Waals surface area contributed by atoms with Gasteiger partial charge in [-0.3, -0.25) is 14.0 Å². The molecule has 8 heteroatoms. The zero-order valence-electron chi connectivity index (χ0n) is 23.1. The van der Waals surface area contributed by atoms with Gasteiger partial charge in [-0.05, 0) is 91.5 Å². The highest BCUT2D eigenvalue weighted by atomic mass is 35.5. The maximum atomic E-state index is 13.7. The number of sulfonamides is 1. The predicted molar refractivity (Wildman–Crippen MR) is 165 cm³/mol. The Morgan fingerprint density at radius 1 is 0.878 bits per heavy atom. The number of hydrogen-bond acceptors (Lipinski definition) is 4. The minimum Gasteiger partial charge on any atom is -0.348 e. The van der Waals surface area contributed by atoms with Crippen molar-refractivity contribution in [2.75, 3.05) is 17.4 Å². The molecule has 1 amide bonds. The number of amides is 1. The molecular weight excluding hydrogens is 554 g/mol. The van der Waals surface area contributed by atoms with Crippen LogP contribution in [-0.4, -0.2) is 32.3 Å². The quantitative estimate of drug-likeness (QED) is 0.228. The van der Waals surface area contributed by atoms with E-state index in [4.69, 9.17) is 11.6 Å². The Kier molecular flexibility index (Phi) is 9.08. The summed E-state index contributed by atoms with van der Waals surface area (Å²) >= 11 is 6.27. The molecule has 1 N–H and O–H groups in total. The zero-order valence-corrected chi connectivity index (χ0v) is 24.7. The number of benzene rings is 4. The first-order chi connectivity index (χ1) is 19.8. The molecule has 4 aromatic carbocycles. The summed E-state index contributed by atoms with van der Waals surface area (Å²) in [5.74, 6) is -0.174. The Labute approximate surface area is 247 Å².